The number of esters is 2. The van der Waals surface area contributed by atoms with E-state index in [1.54, 1.807) is 0 Å². The van der Waals surface area contributed by atoms with Gasteiger partial charge in [0.2, 0.25) is 0 Å². The number of fused-ring (bicyclic) bond motifs is 1. The van der Waals surface area contributed by atoms with Gasteiger partial charge in [-0.1, -0.05) is 5.92 Å². The predicted molar refractivity (Wildman–Crippen MR) is 109 cm³/mol. The van der Waals surface area contributed by atoms with Gasteiger partial charge in [0, 0.05) is 19.9 Å². The molecule has 4 rings (SSSR count). The summed E-state index contributed by atoms with van der Waals surface area (Å²) in [7, 11) is 0. The van der Waals surface area contributed by atoms with Gasteiger partial charge in [-0.15, -0.1) is 6.42 Å². The number of nitrogens with zero attached hydrogens (tertiary/aromatic N) is 4. The lowest BCUT2D eigenvalue weighted by Crippen LogP contribution is -2.38. The van der Waals surface area contributed by atoms with Crippen LogP contribution in [-0.2, 0) is 23.8 Å². The molecule has 4 atom stereocenters. The third-order valence-electron chi connectivity index (χ3n) is 4.77. The molecule has 0 bridgehead atoms. The molecule has 0 spiro atoms. The van der Waals surface area contributed by atoms with Crippen molar-refractivity contribution in [1.82, 2.24) is 19.5 Å². The molecule has 0 aliphatic carbocycles. The van der Waals surface area contributed by atoms with Crippen molar-refractivity contribution >= 4 is 34.6 Å². The molecule has 2 aromatic heterocycles. The first kappa shape index (κ1) is 22.1. The standard InChI is InChI=1S/C21H17F2N5O5/c1-4-15-17(31-10(2)29)18(32-11(3)30)21(33-15)28-9-26-16-19(24-8-25-20(16)28)27-14-6-5-12(22)7-13(14)23/h1,5-9,15,17-18,21H,2-3H3,(H,24,25,27). The van der Waals surface area contributed by atoms with E-state index in [4.69, 9.17) is 20.6 Å². The molecule has 1 fully saturated rings. The van der Waals surface area contributed by atoms with Crippen molar-refractivity contribution in [1.29, 1.82) is 0 Å². The Kier molecular flexibility index (Phi) is 5.89. The molecule has 3 heterocycles. The van der Waals surface area contributed by atoms with Crippen LogP contribution in [0.3, 0.4) is 0 Å². The first-order valence-corrected chi connectivity index (χ1v) is 9.64. The molecule has 170 valence electrons. The van der Waals surface area contributed by atoms with Crippen LogP contribution in [0.5, 0.6) is 0 Å². The Bertz CT molecular complexity index is 1270. The Morgan fingerprint density at radius 3 is 2.55 bits per heavy atom. The Morgan fingerprint density at radius 2 is 1.88 bits per heavy atom. The number of benzene rings is 1. The SMILES string of the molecule is C#CC1OC(n2cnc3c(Nc4ccc(F)cc4F)ncnc32)C(OC(C)=O)C1OC(C)=O. The zero-order valence-electron chi connectivity index (χ0n) is 17.4. The summed E-state index contributed by atoms with van der Waals surface area (Å²) < 4.78 is 45.2. The molecular formula is C21H17F2N5O5. The summed E-state index contributed by atoms with van der Waals surface area (Å²) >= 11 is 0. The zero-order valence-corrected chi connectivity index (χ0v) is 17.4. The van der Waals surface area contributed by atoms with E-state index in [-0.39, 0.29) is 22.7 Å². The van der Waals surface area contributed by atoms with Crippen molar-refractivity contribution in [3.8, 4) is 12.3 Å². The van der Waals surface area contributed by atoms with Crippen LogP contribution in [0.25, 0.3) is 11.2 Å². The largest absolute Gasteiger partial charge is 0.455 e. The second-order valence-corrected chi connectivity index (χ2v) is 7.06. The van der Waals surface area contributed by atoms with E-state index in [0.717, 1.165) is 12.1 Å². The van der Waals surface area contributed by atoms with Crippen molar-refractivity contribution in [2.75, 3.05) is 5.32 Å². The molecule has 1 N–H and O–H groups in total. The number of terminal acetylenes is 1. The maximum Gasteiger partial charge on any atom is 0.303 e. The molecular weight excluding hydrogens is 440 g/mol. The fraction of sp³-hybridized carbons (Fsp3) is 0.286. The highest BCUT2D eigenvalue weighted by molar-refractivity contribution is 5.85. The van der Waals surface area contributed by atoms with Crippen LogP contribution in [0, 0.1) is 24.0 Å². The third-order valence-corrected chi connectivity index (χ3v) is 4.77. The fourth-order valence-electron chi connectivity index (χ4n) is 3.48. The van der Waals surface area contributed by atoms with Crippen molar-refractivity contribution in [3.63, 3.8) is 0 Å². The monoisotopic (exact) mass is 457 g/mol. The number of carbonyl (C=O) groups is 2. The van der Waals surface area contributed by atoms with Gasteiger partial charge < -0.3 is 19.5 Å². The van der Waals surface area contributed by atoms with Crippen LogP contribution in [0.4, 0.5) is 20.3 Å². The number of imidazole rings is 1. The summed E-state index contributed by atoms with van der Waals surface area (Å²) in [5.74, 6) is -0.312. The molecule has 12 heteroatoms. The van der Waals surface area contributed by atoms with Gasteiger partial charge >= 0.3 is 11.9 Å². The normalized spacial score (nSPS) is 22.0. The van der Waals surface area contributed by atoms with Crippen LogP contribution < -0.4 is 5.32 Å². The van der Waals surface area contributed by atoms with Crippen LogP contribution in [0.15, 0.2) is 30.9 Å². The number of halogens is 2. The number of nitrogens with one attached hydrogen (secondary N) is 1. The maximum absolute atomic E-state index is 14.1. The van der Waals surface area contributed by atoms with E-state index in [9.17, 15) is 18.4 Å². The van der Waals surface area contributed by atoms with Crippen molar-refractivity contribution < 1.29 is 32.6 Å². The molecule has 0 saturated carbocycles. The molecule has 33 heavy (non-hydrogen) atoms. The summed E-state index contributed by atoms with van der Waals surface area (Å²) in [6, 6.07) is 3.03. The minimum Gasteiger partial charge on any atom is -0.455 e. The number of hydrogen-bond acceptors (Lipinski definition) is 9. The second kappa shape index (κ2) is 8.79. The zero-order chi connectivity index (χ0) is 23.7. The maximum atomic E-state index is 14.1. The quantitative estimate of drug-likeness (QED) is 0.455. The Labute approximate surface area is 185 Å². The summed E-state index contributed by atoms with van der Waals surface area (Å²) in [4.78, 5) is 35.8. The van der Waals surface area contributed by atoms with Gasteiger partial charge in [-0.3, -0.25) is 14.2 Å². The van der Waals surface area contributed by atoms with Crippen molar-refractivity contribution in [2.24, 2.45) is 0 Å². The van der Waals surface area contributed by atoms with Gasteiger partial charge in [0.25, 0.3) is 0 Å². The van der Waals surface area contributed by atoms with E-state index in [0.29, 0.717) is 0 Å². The molecule has 0 radical (unpaired) electrons. The van der Waals surface area contributed by atoms with Crippen LogP contribution in [-0.4, -0.2) is 49.8 Å². The minimum absolute atomic E-state index is 0.0248. The number of carbonyl (C=O) groups excluding carboxylic acids is 2. The Balaban J connectivity index is 1.73. The highest BCUT2D eigenvalue weighted by Gasteiger charge is 2.50. The lowest BCUT2D eigenvalue weighted by atomic mass is 10.1. The number of aromatic nitrogens is 4. The van der Waals surface area contributed by atoms with E-state index >= 15 is 0 Å². The van der Waals surface area contributed by atoms with E-state index in [1.165, 1.54) is 37.1 Å². The van der Waals surface area contributed by atoms with Crippen molar-refractivity contribution in [3.05, 3.63) is 42.5 Å². The summed E-state index contributed by atoms with van der Waals surface area (Å²) in [6.07, 6.45) is 3.87. The second-order valence-electron chi connectivity index (χ2n) is 7.06. The lowest BCUT2D eigenvalue weighted by molar-refractivity contribution is -0.165. The highest BCUT2D eigenvalue weighted by Crippen LogP contribution is 2.36. The predicted octanol–water partition coefficient (Wildman–Crippen LogP) is 2.24. The summed E-state index contributed by atoms with van der Waals surface area (Å²) in [6.45, 7) is 2.39. The first-order chi connectivity index (χ1) is 15.8. The molecule has 4 unspecified atom stereocenters. The lowest BCUT2D eigenvalue weighted by Gasteiger charge is -2.23. The average molecular weight is 457 g/mol. The van der Waals surface area contributed by atoms with Crippen molar-refractivity contribution in [2.45, 2.75) is 38.4 Å². The van der Waals surface area contributed by atoms with Gasteiger partial charge in [-0.2, -0.15) is 0 Å². The van der Waals surface area contributed by atoms with E-state index in [2.05, 4.69) is 26.2 Å². The molecule has 1 aromatic carbocycles. The molecule has 3 aromatic rings. The molecule has 1 aliphatic heterocycles. The molecule has 1 saturated heterocycles. The number of ether oxygens (including phenoxy) is 3. The van der Waals surface area contributed by atoms with Crippen LogP contribution >= 0.6 is 0 Å². The Morgan fingerprint density at radius 1 is 1.15 bits per heavy atom. The fourth-order valence-corrected chi connectivity index (χ4v) is 3.48. The molecule has 10 nitrogen and oxygen atoms in total. The number of rotatable bonds is 5. The number of hydrogen-bond donors (Lipinski definition) is 1. The minimum atomic E-state index is -1.09. The smallest absolute Gasteiger partial charge is 0.303 e. The summed E-state index contributed by atoms with van der Waals surface area (Å²) in [5, 5.41) is 2.75. The third kappa shape index (κ3) is 4.31. The number of anilines is 2. The van der Waals surface area contributed by atoms with Crippen LogP contribution in [0.2, 0.25) is 0 Å². The average Bonchev–Trinajstić information content (AvgIpc) is 3.31. The van der Waals surface area contributed by atoms with Gasteiger partial charge in [0.1, 0.15) is 18.0 Å². The van der Waals surface area contributed by atoms with Gasteiger partial charge in [-0.25, -0.2) is 23.7 Å². The first-order valence-electron chi connectivity index (χ1n) is 9.64. The highest BCUT2D eigenvalue weighted by atomic mass is 19.1. The molecule has 1 aliphatic rings. The van der Waals surface area contributed by atoms with Gasteiger partial charge in [0.05, 0.1) is 12.0 Å². The molecule has 0 amide bonds. The Hall–Kier alpha value is -4.11. The summed E-state index contributed by atoms with van der Waals surface area (Å²) in [5.41, 5.74) is 0.430. The van der Waals surface area contributed by atoms with Crippen LogP contribution in [0.1, 0.15) is 20.1 Å². The van der Waals surface area contributed by atoms with E-state index < -0.39 is 48.1 Å². The van der Waals surface area contributed by atoms with E-state index in [1.807, 2.05) is 0 Å². The van der Waals surface area contributed by atoms with Gasteiger partial charge in [0.15, 0.2) is 41.5 Å². The van der Waals surface area contributed by atoms with Gasteiger partial charge in [-0.05, 0) is 12.1 Å². The topological polar surface area (TPSA) is 117 Å².